The second-order valence-corrected chi connectivity index (χ2v) is 3.79. The standard InChI is InChI=1S/C11H14ClNO2/c1-4-7(2)9-5-8(11(14)15-3)6-10(12)13-9/h5-7H,4H2,1-3H3. The van der Waals surface area contributed by atoms with Gasteiger partial charge in [-0.05, 0) is 24.5 Å². The first-order chi connectivity index (χ1) is 7.08. The van der Waals surface area contributed by atoms with Crippen LogP contribution in [0.4, 0.5) is 0 Å². The Balaban J connectivity index is 3.10. The van der Waals surface area contributed by atoms with Crippen LogP contribution in [0.2, 0.25) is 5.15 Å². The molecule has 15 heavy (non-hydrogen) atoms. The van der Waals surface area contributed by atoms with Gasteiger partial charge in [0.1, 0.15) is 5.15 Å². The quantitative estimate of drug-likeness (QED) is 0.589. The lowest BCUT2D eigenvalue weighted by Gasteiger charge is -2.09. The van der Waals surface area contributed by atoms with Crippen LogP contribution in [0.25, 0.3) is 0 Å². The number of hydrogen-bond acceptors (Lipinski definition) is 3. The second kappa shape index (κ2) is 5.12. The fraction of sp³-hybridized carbons (Fsp3) is 0.455. The van der Waals surface area contributed by atoms with Crippen LogP contribution in [0.5, 0.6) is 0 Å². The highest BCUT2D eigenvalue weighted by molar-refractivity contribution is 6.29. The molecule has 0 N–H and O–H groups in total. The topological polar surface area (TPSA) is 39.2 Å². The lowest BCUT2D eigenvalue weighted by molar-refractivity contribution is 0.0600. The van der Waals surface area contributed by atoms with Gasteiger partial charge in [0.2, 0.25) is 0 Å². The third kappa shape index (κ3) is 2.93. The number of hydrogen-bond donors (Lipinski definition) is 0. The molecule has 0 radical (unpaired) electrons. The highest BCUT2D eigenvalue weighted by Gasteiger charge is 2.12. The average molecular weight is 228 g/mol. The summed E-state index contributed by atoms with van der Waals surface area (Å²) in [4.78, 5) is 15.5. The molecular weight excluding hydrogens is 214 g/mol. The number of nitrogens with zero attached hydrogens (tertiary/aromatic N) is 1. The normalized spacial score (nSPS) is 12.3. The van der Waals surface area contributed by atoms with Gasteiger partial charge >= 0.3 is 5.97 Å². The first-order valence-electron chi connectivity index (χ1n) is 4.84. The number of rotatable bonds is 3. The summed E-state index contributed by atoms with van der Waals surface area (Å²) in [5, 5.41) is 0.327. The molecule has 0 aromatic carbocycles. The maximum Gasteiger partial charge on any atom is 0.338 e. The molecule has 0 aliphatic carbocycles. The van der Waals surface area contributed by atoms with E-state index in [1.165, 1.54) is 13.2 Å². The summed E-state index contributed by atoms with van der Waals surface area (Å²) >= 11 is 5.83. The van der Waals surface area contributed by atoms with Gasteiger partial charge < -0.3 is 4.74 Å². The number of ether oxygens (including phenoxy) is 1. The second-order valence-electron chi connectivity index (χ2n) is 3.40. The summed E-state index contributed by atoms with van der Waals surface area (Å²) in [5.74, 6) is -0.101. The van der Waals surface area contributed by atoms with Gasteiger partial charge in [0.15, 0.2) is 0 Å². The molecule has 0 aliphatic rings. The van der Waals surface area contributed by atoms with Crippen LogP contribution >= 0.6 is 11.6 Å². The van der Waals surface area contributed by atoms with Gasteiger partial charge in [-0.1, -0.05) is 25.4 Å². The molecule has 0 saturated carbocycles. The zero-order valence-corrected chi connectivity index (χ0v) is 9.84. The lowest BCUT2D eigenvalue weighted by Crippen LogP contribution is -2.05. The number of carbonyl (C=O) groups is 1. The van der Waals surface area contributed by atoms with E-state index >= 15 is 0 Å². The van der Waals surface area contributed by atoms with Crippen molar-refractivity contribution in [2.24, 2.45) is 0 Å². The Hall–Kier alpha value is -1.09. The van der Waals surface area contributed by atoms with E-state index in [1.54, 1.807) is 6.07 Å². The van der Waals surface area contributed by atoms with Crippen LogP contribution in [0.1, 0.15) is 42.2 Å². The van der Waals surface area contributed by atoms with Crippen molar-refractivity contribution in [1.29, 1.82) is 0 Å². The van der Waals surface area contributed by atoms with E-state index in [2.05, 4.69) is 16.6 Å². The first kappa shape index (κ1) is 12.0. The molecule has 82 valence electrons. The summed E-state index contributed by atoms with van der Waals surface area (Å²) < 4.78 is 4.63. The molecule has 0 fully saturated rings. The van der Waals surface area contributed by atoms with Crippen molar-refractivity contribution >= 4 is 17.6 Å². The van der Waals surface area contributed by atoms with E-state index in [0.29, 0.717) is 10.7 Å². The van der Waals surface area contributed by atoms with E-state index < -0.39 is 0 Å². The van der Waals surface area contributed by atoms with Gasteiger partial charge in [-0.15, -0.1) is 0 Å². The van der Waals surface area contributed by atoms with E-state index in [1.807, 2.05) is 6.92 Å². The van der Waals surface area contributed by atoms with E-state index in [9.17, 15) is 4.79 Å². The number of aromatic nitrogens is 1. The smallest absolute Gasteiger partial charge is 0.338 e. The fourth-order valence-electron chi connectivity index (χ4n) is 1.21. The number of halogens is 1. The Morgan fingerprint density at radius 1 is 1.60 bits per heavy atom. The molecule has 0 spiro atoms. The summed E-state index contributed by atoms with van der Waals surface area (Å²) in [6.07, 6.45) is 0.952. The van der Waals surface area contributed by atoms with Crippen LogP contribution < -0.4 is 0 Å². The zero-order valence-electron chi connectivity index (χ0n) is 9.08. The minimum absolute atomic E-state index is 0.284. The van der Waals surface area contributed by atoms with Crippen LogP contribution in [0.15, 0.2) is 12.1 Å². The maximum atomic E-state index is 11.3. The molecule has 1 aromatic heterocycles. The largest absolute Gasteiger partial charge is 0.465 e. The maximum absolute atomic E-state index is 11.3. The van der Waals surface area contributed by atoms with Crippen molar-refractivity contribution in [2.45, 2.75) is 26.2 Å². The molecule has 0 amide bonds. The highest BCUT2D eigenvalue weighted by atomic mass is 35.5. The number of pyridine rings is 1. The Morgan fingerprint density at radius 3 is 2.80 bits per heavy atom. The van der Waals surface area contributed by atoms with E-state index in [4.69, 9.17) is 11.6 Å². The van der Waals surface area contributed by atoms with Gasteiger partial charge in [-0.2, -0.15) is 0 Å². The Kier molecular flexibility index (Phi) is 4.09. The number of esters is 1. The third-order valence-electron chi connectivity index (χ3n) is 2.35. The summed E-state index contributed by atoms with van der Waals surface area (Å²) in [6, 6.07) is 3.24. The zero-order chi connectivity index (χ0) is 11.4. The minimum Gasteiger partial charge on any atom is -0.465 e. The molecule has 1 unspecified atom stereocenters. The van der Waals surface area contributed by atoms with Crippen molar-refractivity contribution < 1.29 is 9.53 Å². The van der Waals surface area contributed by atoms with Crippen molar-refractivity contribution in [3.8, 4) is 0 Å². The van der Waals surface area contributed by atoms with Gasteiger partial charge in [0, 0.05) is 5.69 Å². The van der Waals surface area contributed by atoms with Gasteiger partial charge in [0.05, 0.1) is 12.7 Å². The van der Waals surface area contributed by atoms with Crippen molar-refractivity contribution in [3.63, 3.8) is 0 Å². The monoisotopic (exact) mass is 227 g/mol. The molecule has 1 rings (SSSR count). The molecule has 0 bridgehead atoms. The molecule has 1 atom stereocenters. The van der Waals surface area contributed by atoms with E-state index in [-0.39, 0.29) is 11.9 Å². The Morgan fingerprint density at radius 2 is 2.27 bits per heavy atom. The Bertz CT molecular complexity index is 366. The highest BCUT2D eigenvalue weighted by Crippen LogP contribution is 2.20. The third-order valence-corrected chi connectivity index (χ3v) is 2.55. The van der Waals surface area contributed by atoms with Crippen LogP contribution in [0, 0.1) is 0 Å². The number of carbonyl (C=O) groups excluding carboxylic acids is 1. The van der Waals surface area contributed by atoms with E-state index in [0.717, 1.165) is 12.1 Å². The van der Waals surface area contributed by atoms with Gasteiger partial charge in [-0.3, -0.25) is 0 Å². The molecule has 3 nitrogen and oxygen atoms in total. The molecular formula is C11H14ClNO2. The fourth-order valence-corrected chi connectivity index (χ4v) is 1.43. The molecule has 4 heteroatoms. The number of methoxy groups -OCH3 is 1. The van der Waals surface area contributed by atoms with Gasteiger partial charge in [-0.25, -0.2) is 9.78 Å². The van der Waals surface area contributed by atoms with Crippen LogP contribution in [-0.4, -0.2) is 18.1 Å². The molecule has 0 aliphatic heterocycles. The average Bonchev–Trinajstić information content (AvgIpc) is 2.26. The van der Waals surface area contributed by atoms with Crippen LogP contribution in [0.3, 0.4) is 0 Å². The SMILES string of the molecule is CCC(C)c1cc(C(=O)OC)cc(Cl)n1. The summed E-state index contributed by atoms with van der Waals surface area (Å²) in [5.41, 5.74) is 1.28. The van der Waals surface area contributed by atoms with Crippen molar-refractivity contribution in [3.05, 3.63) is 28.5 Å². The van der Waals surface area contributed by atoms with Crippen LogP contribution in [-0.2, 0) is 4.74 Å². The predicted octanol–water partition coefficient (Wildman–Crippen LogP) is 3.04. The van der Waals surface area contributed by atoms with Crippen molar-refractivity contribution in [1.82, 2.24) is 4.98 Å². The molecule has 0 saturated heterocycles. The molecule has 1 heterocycles. The summed E-state index contributed by atoms with van der Waals surface area (Å²) in [7, 11) is 1.35. The van der Waals surface area contributed by atoms with Crippen molar-refractivity contribution in [2.75, 3.05) is 7.11 Å². The minimum atomic E-state index is -0.385. The van der Waals surface area contributed by atoms with Gasteiger partial charge in [0.25, 0.3) is 0 Å². The lowest BCUT2D eigenvalue weighted by atomic mass is 10.0. The predicted molar refractivity (Wildman–Crippen MR) is 59.3 cm³/mol. The Labute approximate surface area is 94.4 Å². The summed E-state index contributed by atoms with van der Waals surface area (Å²) in [6.45, 7) is 4.10. The first-order valence-corrected chi connectivity index (χ1v) is 5.22. The molecule has 1 aromatic rings.